The predicted molar refractivity (Wildman–Crippen MR) is 117 cm³/mol. The molecule has 2 heterocycles. The molecule has 2 aliphatic rings. The molecule has 2 unspecified atom stereocenters. The van der Waals surface area contributed by atoms with Crippen molar-refractivity contribution < 1.29 is 9.72 Å². The first-order valence-electron chi connectivity index (χ1n) is 9.71. The quantitative estimate of drug-likeness (QED) is 0.272. The molecule has 0 aromatic heterocycles. The minimum atomic E-state index is 0.0566. The van der Waals surface area contributed by atoms with Crippen molar-refractivity contribution in [3.8, 4) is 0 Å². The Morgan fingerprint density at radius 2 is 1.07 bits per heavy atom. The number of hydrogen-bond donors (Lipinski definition) is 0. The Labute approximate surface area is 175 Å². The monoisotopic (exact) mass is 414 g/mol. The second-order valence-corrected chi connectivity index (χ2v) is 11.7. The van der Waals surface area contributed by atoms with Gasteiger partial charge in [-0.1, -0.05) is 60.7 Å². The predicted octanol–water partition coefficient (Wildman–Crippen LogP) is 4.69. The van der Waals surface area contributed by atoms with Gasteiger partial charge in [-0.05, 0) is 37.8 Å². The van der Waals surface area contributed by atoms with E-state index in [0.717, 1.165) is 12.8 Å². The highest BCUT2D eigenvalue weighted by Gasteiger charge is 2.56. The van der Waals surface area contributed by atoms with Crippen LogP contribution < -0.4 is 0 Å². The number of hydrogen-bond acceptors (Lipinski definition) is 4. The maximum absolute atomic E-state index is 12.4. The Morgan fingerprint density at radius 3 is 1.43 bits per heavy atom. The Bertz CT molecular complexity index is 790. The van der Waals surface area contributed by atoms with Crippen LogP contribution in [0.15, 0.2) is 60.7 Å². The first-order chi connectivity index (χ1) is 13.4. The maximum Gasteiger partial charge on any atom is 0.233 e. The lowest BCUT2D eigenvalue weighted by Gasteiger charge is -2.10. The number of benzene rings is 2. The van der Waals surface area contributed by atoms with Gasteiger partial charge in [0.1, 0.15) is 0 Å². The second kappa shape index (κ2) is 7.64. The maximum atomic E-state index is 12.4. The van der Waals surface area contributed by atoms with Gasteiger partial charge >= 0.3 is 0 Å². The molecule has 0 radical (unpaired) electrons. The van der Waals surface area contributed by atoms with Gasteiger partial charge in [0.2, 0.25) is 13.1 Å². The fourth-order valence-corrected chi connectivity index (χ4v) is 6.21. The zero-order valence-corrected chi connectivity index (χ0v) is 17.9. The third kappa shape index (κ3) is 4.49. The molecule has 2 fully saturated rings. The van der Waals surface area contributed by atoms with Gasteiger partial charge in [-0.3, -0.25) is 0 Å². The average Bonchev–Trinajstić information content (AvgIpc) is 3.51. The molecule has 6 heteroatoms. The van der Waals surface area contributed by atoms with E-state index >= 15 is 0 Å². The van der Waals surface area contributed by atoms with Gasteiger partial charge in [-0.2, -0.15) is 0 Å². The van der Waals surface area contributed by atoms with Crippen LogP contribution in [0.25, 0.3) is 0 Å². The van der Waals surface area contributed by atoms with Crippen molar-refractivity contribution in [1.82, 2.24) is 0 Å². The molecule has 2 aliphatic heterocycles. The zero-order valence-electron chi connectivity index (χ0n) is 16.3. The summed E-state index contributed by atoms with van der Waals surface area (Å²) in [6, 6.07) is 20.7. The molecule has 2 aromatic rings. The molecular weight excluding hydrogens is 388 g/mol. The van der Waals surface area contributed by atoms with Crippen LogP contribution in [0.2, 0.25) is 0 Å². The minimum absolute atomic E-state index is 0.0566. The summed E-state index contributed by atoms with van der Waals surface area (Å²) in [5, 5.41) is 25.2. The van der Waals surface area contributed by atoms with Crippen molar-refractivity contribution in [2.24, 2.45) is 0 Å². The van der Waals surface area contributed by atoms with E-state index in [9.17, 15) is 10.4 Å². The van der Waals surface area contributed by atoms with E-state index in [4.69, 9.17) is 0 Å². The van der Waals surface area contributed by atoms with Crippen LogP contribution in [0.1, 0.15) is 25.0 Å². The smallest absolute Gasteiger partial charge is 0.233 e. The molecule has 0 N–H and O–H groups in total. The van der Waals surface area contributed by atoms with Crippen LogP contribution in [0.3, 0.4) is 0 Å². The van der Waals surface area contributed by atoms with Gasteiger partial charge in [0.25, 0.3) is 0 Å². The topological polar surface area (TPSA) is 52.1 Å². The molecule has 2 aromatic carbocycles. The van der Waals surface area contributed by atoms with Gasteiger partial charge in [0.05, 0.1) is 10.5 Å². The molecule has 2 saturated heterocycles. The van der Waals surface area contributed by atoms with E-state index in [-0.39, 0.29) is 33.1 Å². The van der Waals surface area contributed by atoms with E-state index in [1.807, 2.05) is 36.4 Å². The second-order valence-electron chi connectivity index (χ2n) is 8.23. The molecular formula is C22H26N2O2S2. The Balaban J connectivity index is 1.29. The Hall–Kier alpha value is -1.66. The molecule has 0 amide bonds. The third-order valence-electron chi connectivity index (χ3n) is 5.76. The van der Waals surface area contributed by atoms with Crippen molar-refractivity contribution in [3.05, 3.63) is 82.2 Å². The number of thioether (sulfide) groups is 2. The fourth-order valence-electron chi connectivity index (χ4n) is 3.82. The van der Waals surface area contributed by atoms with Crippen molar-refractivity contribution in [2.45, 2.75) is 46.7 Å². The summed E-state index contributed by atoms with van der Waals surface area (Å²) in [5.41, 5.74) is 2.56. The summed E-state index contributed by atoms with van der Waals surface area (Å²) in [7, 11) is 0. The lowest BCUT2D eigenvalue weighted by Crippen LogP contribution is -2.29. The van der Waals surface area contributed by atoms with E-state index < -0.39 is 0 Å². The van der Waals surface area contributed by atoms with Gasteiger partial charge in [-0.25, -0.2) is 0 Å². The van der Waals surface area contributed by atoms with Gasteiger partial charge in [-0.15, -0.1) is 23.5 Å². The summed E-state index contributed by atoms with van der Waals surface area (Å²) in [6.07, 6.45) is 1.87. The van der Waals surface area contributed by atoms with Gasteiger partial charge < -0.3 is 10.4 Å². The summed E-state index contributed by atoms with van der Waals surface area (Å²) < 4.78 is 0.113. The highest BCUT2D eigenvalue weighted by Crippen LogP contribution is 2.56. The molecule has 0 bridgehead atoms. The lowest BCUT2D eigenvalue weighted by molar-refractivity contribution is -0.969. The van der Waals surface area contributed by atoms with Crippen molar-refractivity contribution in [2.75, 3.05) is 13.1 Å². The van der Waals surface area contributed by atoms with E-state index in [1.165, 1.54) is 11.1 Å². The highest BCUT2D eigenvalue weighted by molar-refractivity contribution is 8.09. The molecule has 148 valence electrons. The SMILES string of the molecule is C[C@@]1(Cc2ccccc2)SC1C/[N+]([O-])=[N+](\[O-])CC1S[C@@]1(C)Cc1ccccc1. The largest absolute Gasteiger partial charge is 0.567 e. The summed E-state index contributed by atoms with van der Waals surface area (Å²) >= 11 is 3.61. The summed E-state index contributed by atoms with van der Waals surface area (Å²) in [5.74, 6) is 0. The van der Waals surface area contributed by atoms with E-state index in [2.05, 4.69) is 38.1 Å². The van der Waals surface area contributed by atoms with Crippen LogP contribution in [0, 0.1) is 10.4 Å². The Kier molecular flexibility index (Phi) is 5.36. The number of hydroxylamine groups is 2. The van der Waals surface area contributed by atoms with Gasteiger partial charge in [0, 0.05) is 19.2 Å². The first kappa shape index (κ1) is 19.6. The van der Waals surface area contributed by atoms with Crippen molar-refractivity contribution in [1.29, 1.82) is 0 Å². The van der Waals surface area contributed by atoms with E-state index in [0.29, 0.717) is 9.72 Å². The highest BCUT2D eigenvalue weighted by atomic mass is 32.2. The molecule has 0 saturated carbocycles. The van der Waals surface area contributed by atoms with E-state index in [1.54, 1.807) is 23.5 Å². The molecule has 4 atom stereocenters. The lowest BCUT2D eigenvalue weighted by atomic mass is 9.98. The van der Waals surface area contributed by atoms with Gasteiger partial charge in [0.15, 0.2) is 0 Å². The molecule has 4 rings (SSSR count). The van der Waals surface area contributed by atoms with Crippen LogP contribution in [-0.2, 0) is 12.8 Å². The fraction of sp³-hybridized carbons (Fsp3) is 0.455. The molecule has 0 aliphatic carbocycles. The minimum Gasteiger partial charge on any atom is -0.567 e. The standard InChI is InChI=1S/C22H26N2O2S2/c1-21(13-17-9-5-3-6-10-17)19(27-21)15-23(25)24(26)16-20-22(2,28-20)14-18-11-7-4-8-12-18/h3-12,19-20H,13-16H2,1-2H3/b24-23+/t19?,20?,21-,22-/m0/s1. The number of rotatable bonds is 8. The summed E-state index contributed by atoms with van der Waals surface area (Å²) in [6.45, 7) is 4.91. The van der Waals surface area contributed by atoms with Crippen LogP contribution in [0.5, 0.6) is 0 Å². The summed E-state index contributed by atoms with van der Waals surface area (Å²) in [4.78, 5) is 1.27. The average molecular weight is 415 g/mol. The van der Waals surface area contributed by atoms with Crippen LogP contribution in [-0.4, -0.2) is 42.8 Å². The normalized spacial score (nSPS) is 31.9. The van der Waals surface area contributed by atoms with Crippen molar-refractivity contribution in [3.63, 3.8) is 0 Å². The molecule has 4 nitrogen and oxygen atoms in total. The number of nitrogens with zero attached hydrogens (tertiary/aromatic N) is 2. The molecule has 0 spiro atoms. The Morgan fingerprint density at radius 1 is 0.714 bits per heavy atom. The van der Waals surface area contributed by atoms with Crippen LogP contribution >= 0.6 is 23.5 Å². The zero-order chi connectivity index (χ0) is 19.8. The first-order valence-corrected chi connectivity index (χ1v) is 11.5. The molecule has 28 heavy (non-hydrogen) atoms. The third-order valence-corrected chi connectivity index (χ3v) is 9.09. The van der Waals surface area contributed by atoms with Crippen molar-refractivity contribution >= 4 is 23.5 Å². The number of azo groups is 1. The van der Waals surface area contributed by atoms with Crippen LogP contribution in [0.4, 0.5) is 0 Å².